The van der Waals surface area contributed by atoms with E-state index < -0.39 is 10.2 Å². The first-order valence-corrected chi connectivity index (χ1v) is 9.89. The number of rotatable bonds is 8. The fourth-order valence-corrected chi connectivity index (χ4v) is 5.06. The maximum absolute atomic E-state index is 12.8. The van der Waals surface area contributed by atoms with E-state index in [4.69, 9.17) is 0 Å². The van der Waals surface area contributed by atoms with Crippen LogP contribution in [0, 0.1) is 5.92 Å². The van der Waals surface area contributed by atoms with Gasteiger partial charge in [0, 0.05) is 31.7 Å². The molecule has 0 aromatic heterocycles. The van der Waals surface area contributed by atoms with E-state index in [0.29, 0.717) is 31.6 Å². The molecule has 1 aliphatic heterocycles. The minimum Gasteiger partial charge on any atom is -0.314 e. The van der Waals surface area contributed by atoms with E-state index in [1.165, 1.54) is 12.8 Å². The molecule has 5 nitrogen and oxygen atoms in total. The minimum atomic E-state index is -3.30. The maximum Gasteiger partial charge on any atom is 0.282 e. The predicted octanol–water partition coefficient (Wildman–Crippen LogP) is 1.82. The van der Waals surface area contributed by atoms with Gasteiger partial charge in [0.15, 0.2) is 0 Å². The Morgan fingerprint density at radius 2 is 2.00 bits per heavy atom. The van der Waals surface area contributed by atoms with Gasteiger partial charge in [-0.2, -0.15) is 17.0 Å². The molecule has 1 saturated carbocycles. The van der Waals surface area contributed by atoms with Gasteiger partial charge in [0.25, 0.3) is 10.2 Å². The summed E-state index contributed by atoms with van der Waals surface area (Å²) >= 11 is 0. The van der Waals surface area contributed by atoms with Gasteiger partial charge in [-0.3, -0.25) is 0 Å². The van der Waals surface area contributed by atoms with Crippen LogP contribution in [0.15, 0.2) is 0 Å². The van der Waals surface area contributed by atoms with Crippen LogP contribution < -0.4 is 5.32 Å². The van der Waals surface area contributed by atoms with Crippen LogP contribution >= 0.6 is 0 Å². The van der Waals surface area contributed by atoms with Crippen LogP contribution in [0.1, 0.15) is 52.9 Å². The summed E-state index contributed by atoms with van der Waals surface area (Å²) in [5, 5.41) is 3.54. The van der Waals surface area contributed by atoms with Crippen molar-refractivity contribution in [1.82, 2.24) is 13.9 Å². The van der Waals surface area contributed by atoms with Gasteiger partial charge in [-0.05, 0) is 51.5 Å². The molecule has 0 spiro atoms. The molecule has 2 aliphatic rings. The fourth-order valence-electron chi connectivity index (χ4n) is 3.08. The summed E-state index contributed by atoms with van der Waals surface area (Å²) < 4.78 is 29.1. The standard InChI is InChI=1S/C15H31N3O2S/c1-4-13(3)18(5-2)21(19,20)17-10-6-7-14(12-17)11-16-15-8-9-15/h13-16H,4-12H2,1-3H3. The largest absolute Gasteiger partial charge is 0.314 e. The molecule has 21 heavy (non-hydrogen) atoms. The van der Waals surface area contributed by atoms with Crippen LogP contribution in [0.2, 0.25) is 0 Å². The molecular formula is C15H31N3O2S. The van der Waals surface area contributed by atoms with Crippen molar-refractivity contribution in [3.05, 3.63) is 0 Å². The zero-order chi connectivity index (χ0) is 15.5. The molecule has 0 aromatic rings. The monoisotopic (exact) mass is 317 g/mol. The first-order chi connectivity index (χ1) is 9.98. The Morgan fingerprint density at radius 1 is 1.29 bits per heavy atom. The van der Waals surface area contributed by atoms with Gasteiger partial charge in [0.1, 0.15) is 0 Å². The highest BCUT2D eigenvalue weighted by Crippen LogP contribution is 2.24. The van der Waals surface area contributed by atoms with E-state index in [0.717, 1.165) is 25.8 Å². The Hall–Kier alpha value is -0.170. The van der Waals surface area contributed by atoms with Crippen molar-refractivity contribution in [2.45, 2.75) is 65.0 Å². The summed E-state index contributed by atoms with van der Waals surface area (Å²) in [6, 6.07) is 0.772. The average Bonchev–Trinajstić information content (AvgIpc) is 3.30. The second-order valence-electron chi connectivity index (χ2n) is 6.52. The number of hydrogen-bond acceptors (Lipinski definition) is 3. The van der Waals surface area contributed by atoms with Crippen LogP contribution in [0.25, 0.3) is 0 Å². The molecule has 0 radical (unpaired) electrons. The van der Waals surface area contributed by atoms with Crippen molar-refractivity contribution in [1.29, 1.82) is 0 Å². The molecule has 2 rings (SSSR count). The Kier molecular flexibility index (Phi) is 6.05. The van der Waals surface area contributed by atoms with Gasteiger partial charge in [0.05, 0.1) is 0 Å². The fraction of sp³-hybridized carbons (Fsp3) is 1.00. The first kappa shape index (κ1) is 17.2. The summed E-state index contributed by atoms with van der Waals surface area (Å²) in [5.74, 6) is 0.463. The molecule has 124 valence electrons. The molecular weight excluding hydrogens is 286 g/mol. The van der Waals surface area contributed by atoms with Crippen molar-refractivity contribution in [3.8, 4) is 0 Å². The van der Waals surface area contributed by atoms with Gasteiger partial charge in [-0.15, -0.1) is 0 Å². The SMILES string of the molecule is CCC(C)N(CC)S(=O)(=O)N1CCCC(CNC2CC2)C1. The van der Waals surface area contributed by atoms with Crippen molar-refractivity contribution < 1.29 is 8.42 Å². The highest BCUT2D eigenvalue weighted by atomic mass is 32.2. The quantitative estimate of drug-likeness (QED) is 0.743. The zero-order valence-electron chi connectivity index (χ0n) is 13.7. The molecule has 1 saturated heterocycles. The third-order valence-corrected chi connectivity index (χ3v) is 6.97. The van der Waals surface area contributed by atoms with Crippen molar-refractivity contribution in [2.75, 3.05) is 26.2 Å². The summed E-state index contributed by atoms with van der Waals surface area (Å²) in [4.78, 5) is 0. The number of nitrogens with one attached hydrogen (secondary N) is 1. The smallest absolute Gasteiger partial charge is 0.282 e. The van der Waals surface area contributed by atoms with Gasteiger partial charge in [0.2, 0.25) is 0 Å². The number of piperidine rings is 1. The van der Waals surface area contributed by atoms with Crippen molar-refractivity contribution in [2.24, 2.45) is 5.92 Å². The van der Waals surface area contributed by atoms with Crippen molar-refractivity contribution >= 4 is 10.2 Å². The highest BCUT2D eigenvalue weighted by molar-refractivity contribution is 7.86. The Balaban J connectivity index is 1.96. The van der Waals surface area contributed by atoms with Crippen LogP contribution in [-0.4, -0.2) is 55.3 Å². The molecule has 6 heteroatoms. The van der Waals surface area contributed by atoms with Gasteiger partial charge >= 0.3 is 0 Å². The summed E-state index contributed by atoms with van der Waals surface area (Å²) in [6.45, 7) is 8.84. The molecule has 2 atom stereocenters. The molecule has 1 aliphatic carbocycles. The van der Waals surface area contributed by atoms with Gasteiger partial charge in [-0.25, -0.2) is 0 Å². The van der Waals surface area contributed by atoms with E-state index in [-0.39, 0.29) is 6.04 Å². The lowest BCUT2D eigenvalue weighted by molar-refractivity contribution is 0.231. The third kappa shape index (κ3) is 4.41. The normalized spacial score (nSPS) is 26.2. The summed E-state index contributed by atoms with van der Waals surface area (Å²) in [5.41, 5.74) is 0. The zero-order valence-corrected chi connectivity index (χ0v) is 14.5. The van der Waals surface area contributed by atoms with E-state index in [9.17, 15) is 8.42 Å². The van der Waals surface area contributed by atoms with Crippen LogP contribution in [0.3, 0.4) is 0 Å². The minimum absolute atomic E-state index is 0.0740. The van der Waals surface area contributed by atoms with E-state index in [1.54, 1.807) is 8.61 Å². The Morgan fingerprint density at radius 3 is 2.57 bits per heavy atom. The second-order valence-corrected chi connectivity index (χ2v) is 8.40. The molecule has 0 bridgehead atoms. The van der Waals surface area contributed by atoms with Gasteiger partial charge < -0.3 is 5.32 Å². The third-order valence-electron chi connectivity index (χ3n) is 4.77. The van der Waals surface area contributed by atoms with Crippen LogP contribution in [0.5, 0.6) is 0 Å². The highest BCUT2D eigenvalue weighted by Gasteiger charge is 2.35. The topological polar surface area (TPSA) is 52.7 Å². The lowest BCUT2D eigenvalue weighted by atomic mass is 10.00. The molecule has 2 fully saturated rings. The van der Waals surface area contributed by atoms with E-state index >= 15 is 0 Å². The number of nitrogens with zero attached hydrogens (tertiary/aromatic N) is 2. The first-order valence-electron chi connectivity index (χ1n) is 8.49. The van der Waals surface area contributed by atoms with Crippen LogP contribution in [0.4, 0.5) is 0 Å². The van der Waals surface area contributed by atoms with E-state index in [1.807, 2.05) is 20.8 Å². The second kappa shape index (κ2) is 7.40. The lowest BCUT2D eigenvalue weighted by Gasteiger charge is -2.37. The van der Waals surface area contributed by atoms with E-state index in [2.05, 4.69) is 5.32 Å². The Bertz CT molecular complexity index is 423. The molecule has 2 unspecified atom stereocenters. The van der Waals surface area contributed by atoms with Crippen LogP contribution in [-0.2, 0) is 10.2 Å². The average molecular weight is 317 g/mol. The summed E-state index contributed by atoms with van der Waals surface area (Å²) in [7, 11) is -3.30. The molecule has 0 amide bonds. The molecule has 0 aromatic carbocycles. The molecule has 1 heterocycles. The van der Waals surface area contributed by atoms with Gasteiger partial charge in [-0.1, -0.05) is 13.8 Å². The lowest BCUT2D eigenvalue weighted by Crippen LogP contribution is -2.51. The summed E-state index contributed by atoms with van der Waals surface area (Å²) in [6.07, 6.45) is 5.54. The Labute approximate surface area is 130 Å². The predicted molar refractivity (Wildman–Crippen MR) is 86.4 cm³/mol. The molecule has 1 N–H and O–H groups in total. The number of hydrogen-bond donors (Lipinski definition) is 1. The van der Waals surface area contributed by atoms with Crippen molar-refractivity contribution in [3.63, 3.8) is 0 Å². The maximum atomic E-state index is 12.8.